The van der Waals surface area contributed by atoms with Gasteiger partial charge >= 0.3 is 0 Å². The number of rotatable bonds is 4. The van der Waals surface area contributed by atoms with Crippen molar-refractivity contribution in [2.75, 3.05) is 5.75 Å². The second-order valence-electron chi connectivity index (χ2n) is 10.8. The first-order valence-corrected chi connectivity index (χ1v) is 12.8. The molecule has 2 amide bonds. The zero-order chi connectivity index (χ0) is 20.5. The van der Waals surface area contributed by atoms with E-state index in [2.05, 4.69) is 24.4 Å². The van der Waals surface area contributed by atoms with Gasteiger partial charge in [0.2, 0.25) is 11.8 Å². The summed E-state index contributed by atoms with van der Waals surface area (Å²) in [4.78, 5) is 27.9. The summed E-state index contributed by atoms with van der Waals surface area (Å²) in [5.41, 5.74) is 1.45. The van der Waals surface area contributed by atoms with E-state index in [1.54, 1.807) is 11.8 Å². The maximum atomic E-state index is 13.5. The largest absolute Gasteiger partial charge is 0.351 e. The molecule has 6 fully saturated rings. The molecule has 3 atom stereocenters. The van der Waals surface area contributed by atoms with E-state index < -0.39 is 0 Å². The van der Waals surface area contributed by atoms with Gasteiger partial charge in [-0.2, -0.15) is 0 Å². The fraction of sp³-hybridized carbons (Fsp3) is 0.680. The summed E-state index contributed by atoms with van der Waals surface area (Å²) in [7, 11) is 0. The number of amides is 2. The second-order valence-corrected chi connectivity index (χ2v) is 12.0. The average Bonchev–Trinajstić information content (AvgIpc) is 3.27. The minimum atomic E-state index is -0.357. The van der Waals surface area contributed by atoms with E-state index in [4.69, 9.17) is 0 Å². The third-order valence-electron chi connectivity index (χ3n) is 9.02. The molecule has 4 nitrogen and oxygen atoms in total. The van der Waals surface area contributed by atoms with Crippen LogP contribution in [-0.4, -0.2) is 34.6 Å². The molecule has 1 aromatic carbocycles. The van der Waals surface area contributed by atoms with Gasteiger partial charge in [-0.1, -0.05) is 30.3 Å². The van der Waals surface area contributed by atoms with Crippen LogP contribution in [0.5, 0.6) is 0 Å². The Morgan fingerprint density at radius 3 is 2.37 bits per heavy atom. The number of nitrogens with zero attached hydrogens (tertiary/aromatic N) is 1. The summed E-state index contributed by atoms with van der Waals surface area (Å²) in [6.45, 7) is 2.24. The van der Waals surface area contributed by atoms with Gasteiger partial charge in [0.1, 0.15) is 10.9 Å². The molecule has 2 aliphatic heterocycles. The van der Waals surface area contributed by atoms with E-state index in [-0.39, 0.29) is 28.8 Å². The Balaban J connectivity index is 1.22. The Kier molecular flexibility index (Phi) is 4.32. The van der Waals surface area contributed by atoms with Crippen molar-refractivity contribution >= 4 is 23.6 Å². The van der Waals surface area contributed by atoms with Crippen molar-refractivity contribution in [3.8, 4) is 0 Å². The first-order valence-electron chi connectivity index (χ1n) is 11.8. The molecule has 1 aromatic rings. The highest BCUT2D eigenvalue weighted by Crippen LogP contribution is 2.61. The van der Waals surface area contributed by atoms with E-state index in [1.165, 1.54) is 38.5 Å². The molecule has 6 aliphatic rings. The third kappa shape index (κ3) is 2.73. The molecule has 1 N–H and O–H groups in total. The fourth-order valence-electron chi connectivity index (χ4n) is 8.01. The van der Waals surface area contributed by atoms with Crippen LogP contribution >= 0.6 is 11.8 Å². The van der Waals surface area contributed by atoms with E-state index in [0.29, 0.717) is 17.6 Å². The fourth-order valence-corrected chi connectivity index (χ4v) is 9.66. The van der Waals surface area contributed by atoms with Gasteiger partial charge in [-0.05, 0) is 80.6 Å². The summed E-state index contributed by atoms with van der Waals surface area (Å²) < 4.78 is 0. The minimum absolute atomic E-state index is 0.0683. The molecule has 5 heteroatoms. The van der Waals surface area contributed by atoms with E-state index in [0.717, 1.165) is 29.7 Å². The maximum Gasteiger partial charge on any atom is 0.243 e. The number of hydrogen-bond acceptors (Lipinski definition) is 3. The van der Waals surface area contributed by atoms with Crippen molar-refractivity contribution in [3.05, 3.63) is 35.9 Å². The standard InChI is InChI=1S/C25H32N2O2S/c1-16(24-12-17-9-18(13-24)11-19(10-17)14-24)26-23(29)21-15-30-25(8-7-22(28)27(21)25)20-5-3-2-4-6-20/h2-6,16-19,21H,7-15H2,1H3,(H,26,29)/t16-,17?,18?,19?,21-,24?,25-/m1/s1. The molecule has 7 rings (SSSR count). The molecule has 160 valence electrons. The topological polar surface area (TPSA) is 49.4 Å². The molecule has 0 spiro atoms. The third-order valence-corrected chi connectivity index (χ3v) is 10.6. The normalized spacial score (nSPS) is 42.4. The SMILES string of the molecule is C[C@@H](NC(=O)[C@H]1CS[C@@]2(c3ccccc3)CCC(=O)N12)C12CC3CC(CC(C3)C1)C2. The number of carbonyl (C=O) groups is 2. The van der Waals surface area contributed by atoms with Crippen LogP contribution in [0.2, 0.25) is 0 Å². The Bertz CT molecular complexity index is 836. The van der Waals surface area contributed by atoms with Crippen molar-refractivity contribution < 1.29 is 9.59 Å². The molecule has 0 unspecified atom stereocenters. The van der Waals surface area contributed by atoms with Crippen molar-refractivity contribution in [1.29, 1.82) is 0 Å². The summed E-state index contributed by atoms with van der Waals surface area (Å²) in [6.07, 6.45) is 9.46. The van der Waals surface area contributed by atoms with Crippen molar-refractivity contribution in [3.63, 3.8) is 0 Å². The highest BCUT2D eigenvalue weighted by Gasteiger charge is 2.58. The molecule has 0 aromatic heterocycles. The molecule has 4 aliphatic carbocycles. The molecule has 4 saturated carbocycles. The number of fused-ring (bicyclic) bond motifs is 1. The second kappa shape index (κ2) is 6.75. The quantitative estimate of drug-likeness (QED) is 0.784. The predicted octanol–water partition coefficient (Wildman–Crippen LogP) is 4.30. The van der Waals surface area contributed by atoms with Crippen LogP contribution in [0.1, 0.15) is 63.9 Å². The van der Waals surface area contributed by atoms with Gasteiger partial charge in [0.15, 0.2) is 0 Å². The number of hydrogen-bond donors (Lipinski definition) is 1. The van der Waals surface area contributed by atoms with Crippen LogP contribution in [0.25, 0.3) is 0 Å². The summed E-state index contributed by atoms with van der Waals surface area (Å²) >= 11 is 1.78. The van der Waals surface area contributed by atoms with Crippen LogP contribution in [0, 0.1) is 23.2 Å². The smallest absolute Gasteiger partial charge is 0.243 e. The van der Waals surface area contributed by atoms with Gasteiger partial charge in [0.05, 0.1) is 0 Å². The highest BCUT2D eigenvalue weighted by atomic mass is 32.2. The van der Waals surface area contributed by atoms with Gasteiger partial charge in [-0.15, -0.1) is 11.8 Å². The first-order chi connectivity index (χ1) is 14.5. The maximum absolute atomic E-state index is 13.5. The lowest BCUT2D eigenvalue weighted by Gasteiger charge is -2.59. The Labute approximate surface area is 183 Å². The van der Waals surface area contributed by atoms with Crippen LogP contribution < -0.4 is 5.32 Å². The molecule has 30 heavy (non-hydrogen) atoms. The number of carbonyl (C=O) groups excluding carboxylic acids is 2. The molecule has 0 radical (unpaired) electrons. The summed E-state index contributed by atoms with van der Waals surface area (Å²) in [6, 6.07) is 10.2. The predicted molar refractivity (Wildman–Crippen MR) is 119 cm³/mol. The van der Waals surface area contributed by atoms with E-state index in [1.807, 2.05) is 23.1 Å². The molecular weight excluding hydrogens is 392 g/mol. The van der Waals surface area contributed by atoms with Gasteiger partial charge in [0.25, 0.3) is 0 Å². The van der Waals surface area contributed by atoms with Crippen LogP contribution in [-0.2, 0) is 14.5 Å². The van der Waals surface area contributed by atoms with Crippen molar-refractivity contribution in [2.24, 2.45) is 23.2 Å². The lowest BCUT2D eigenvalue weighted by molar-refractivity contribution is -0.140. The van der Waals surface area contributed by atoms with Crippen LogP contribution in [0.3, 0.4) is 0 Å². The summed E-state index contributed by atoms with van der Waals surface area (Å²) in [5.74, 6) is 3.53. The zero-order valence-corrected chi connectivity index (χ0v) is 18.6. The number of nitrogens with one attached hydrogen (secondary N) is 1. The van der Waals surface area contributed by atoms with E-state index in [9.17, 15) is 9.59 Å². The van der Waals surface area contributed by atoms with Crippen molar-refractivity contribution in [1.82, 2.24) is 10.2 Å². The lowest BCUT2D eigenvalue weighted by atomic mass is 9.48. The van der Waals surface area contributed by atoms with E-state index >= 15 is 0 Å². The highest BCUT2D eigenvalue weighted by molar-refractivity contribution is 8.00. The van der Waals surface area contributed by atoms with Gasteiger partial charge < -0.3 is 10.2 Å². The van der Waals surface area contributed by atoms with Crippen LogP contribution in [0.15, 0.2) is 30.3 Å². The molecule has 2 heterocycles. The molecule has 4 bridgehead atoms. The number of benzene rings is 1. The molecular formula is C25H32N2O2S. The first kappa shape index (κ1) is 19.2. The minimum Gasteiger partial charge on any atom is -0.351 e. The Morgan fingerprint density at radius 1 is 1.10 bits per heavy atom. The monoisotopic (exact) mass is 424 g/mol. The average molecular weight is 425 g/mol. The Hall–Kier alpha value is -1.49. The van der Waals surface area contributed by atoms with Gasteiger partial charge in [-0.25, -0.2) is 0 Å². The van der Waals surface area contributed by atoms with Gasteiger partial charge in [0, 0.05) is 18.2 Å². The molecule has 2 saturated heterocycles. The van der Waals surface area contributed by atoms with Crippen molar-refractivity contribution in [2.45, 2.75) is 75.2 Å². The Morgan fingerprint density at radius 2 is 1.73 bits per heavy atom. The van der Waals surface area contributed by atoms with Gasteiger partial charge in [-0.3, -0.25) is 9.59 Å². The van der Waals surface area contributed by atoms with Crippen LogP contribution in [0.4, 0.5) is 0 Å². The summed E-state index contributed by atoms with van der Waals surface area (Å²) in [5, 5.41) is 3.43. The lowest BCUT2D eigenvalue weighted by Crippen LogP contribution is -2.58. The zero-order valence-electron chi connectivity index (χ0n) is 17.8. The number of thioether (sulfide) groups is 1.